The number of carbonyl (C=O) groups excluding carboxylic acids is 5. The van der Waals surface area contributed by atoms with Gasteiger partial charge in [-0.3, -0.25) is 24.0 Å². The molecule has 0 aliphatic heterocycles. The maximum atomic E-state index is 13.0. The lowest BCUT2D eigenvalue weighted by molar-refractivity contribution is -0.155. The van der Waals surface area contributed by atoms with E-state index in [1.54, 1.807) is 22.6 Å². The number of alkyl halides is 3. The standard InChI is InChI=1S/C17H15Cl3I3N3O7/c18-1-7(27)26-15-13(22)10(16(24)30)12(21)11(14(15)23)17(31)25-4-6(33-9(29)3-20)5-32-8(28)2-19/h6H,1-5H2,(H2,24,30)(H,25,31)(H,26,27). The van der Waals surface area contributed by atoms with Crippen molar-refractivity contribution in [2.45, 2.75) is 6.10 Å². The summed E-state index contributed by atoms with van der Waals surface area (Å²) in [6, 6.07) is 0. The highest BCUT2D eigenvalue weighted by atomic mass is 127. The van der Waals surface area contributed by atoms with Gasteiger partial charge in [-0.1, -0.05) is 0 Å². The molecule has 1 unspecified atom stereocenters. The first kappa shape index (κ1) is 30.7. The van der Waals surface area contributed by atoms with Gasteiger partial charge in [0.25, 0.3) is 11.8 Å². The number of rotatable bonds is 11. The summed E-state index contributed by atoms with van der Waals surface area (Å²) in [7, 11) is 0. The van der Waals surface area contributed by atoms with E-state index in [9.17, 15) is 24.0 Å². The van der Waals surface area contributed by atoms with E-state index in [-0.39, 0.29) is 39.4 Å². The molecule has 0 aromatic heterocycles. The highest BCUT2D eigenvalue weighted by Crippen LogP contribution is 2.35. The quantitative estimate of drug-likeness (QED) is 0.176. The summed E-state index contributed by atoms with van der Waals surface area (Å²) in [5, 5.41) is 5.10. The predicted octanol–water partition coefficient (Wildman–Crippen LogP) is 2.44. The maximum Gasteiger partial charge on any atom is 0.321 e. The Morgan fingerprint density at radius 2 is 1.45 bits per heavy atom. The Hall–Kier alpha value is -0.370. The number of anilines is 1. The first-order valence-corrected chi connectivity index (χ1v) is 13.4. The van der Waals surface area contributed by atoms with Gasteiger partial charge in [0.05, 0.1) is 30.5 Å². The fourth-order valence-electron chi connectivity index (χ4n) is 2.23. The van der Waals surface area contributed by atoms with Gasteiger partial charge in [0.15, 0.2) is 6.10 Å². The number of carbonyl (C=O) groups is 5. The van der Waals surface area contributed by atoms with Crippen molar-refractivity contribution < 1.29 is 33.4 Å². The molecule has 0 spiro atoms. The molecule has 1 atom stereocenters. The van der Waals surface area contributed by atoms with Crippen molar-refractivity contribution in [2.75, 3.05) is 36.1 Å². The molecule has 1 rings (SSSR count). The van der Waals surface area contributed by atoms with E-state index in [4.69, 9.17) is 50.0 Å². The average Bonchev–Trinajstić information content (AvgIpc) is 2.77. The topological polar surface area (TPSA) is 154 Å². The first-order valence-electron chi connectivity index (χ1n) is 8.59. The number of nitrogens with two attached hydrogens (primary N) is 1. The van der Waals surface area contributed by atoms with Crippen molar-refractivity contribution in [2.24, 2.45) is 5.73 Å². The molecule has 1 aromatic carbocycles. The number of hydrogen-bond donors (Lipinski definition) is 3. The molecule has 4 N–H and O–H groups in total. The summed E-state index contributed by atoms with van der Waals surface area (Å²) in [5.41, 5.74) is 5.77. The Bertz CT molecular complexity index is 966. The van der Waals surface area contributed by atoms with Crippen molar-refractivity contribution in [1.82, 2.24) is 5.32 Å². The van der Waals surface area contributed by atoms with E-state index in [1.807, 2.05) is 45.2 Å². The van der Waals surface area contributed by atoms with Crippen LogP contribution < -0.4 is 16.4 Å². The molecule has 0 radical (unpaired) electrons. The van der Waals surface area contributed by atoms with E-state index in [1.165, 1.54) is 0 Å². The summed E-state index contributed by atoms with van der Waals surface area (Å²) in [4.78, 5) is 59.8. The molecule has 33 heavy (non-hydrogen) atoms. The Morgan fingerprint density at radius 1 is 0.879 bits per heavy atom. The van der Waals surface area contributed by atoms with Crippen LogP contribution in [-0.2, 0) is 23.9 Å². The number of amides is 3. The molecule has 0 heterocycles. The third-order valence-corrected chi connectivity index (χ3v) is 7.53. The van der Waals surface area contributed by atoms with Crippen LogP contribution in [0.5, 0.6) is 0 Å². The zero-order valence-electron chi connectivity index (χ0n) is 16.3. The molecule has 0 aliphatic rings. The van der Waals surface area contributed by atoms with Crippen LogP contribution in [0, 0.1) is 10.7 Å². The molecular formula is C17H15Cl3I3N3O7. The highest BCUT2D eigenvalue weighted by Gasteiger charge is 2.28. The Morgan fingerprint density at radius 3 is 1.97 bits per heavy atom. The van der Waals surface area contributed by atoms with Crippen LogP contribution in [-0.4, -0.2) is 66.6 Å². The van der Waals surface area contributed by atoms with Gasteiger partial charge in [-0.2, -0.15) is 0 Å². The monoisotopic (exact) mass is 859 g/mol. The van der Waals surface area contributed by atoms with E-state index in [0.29, 0.717) is 7.14 Å². The van der Waals surface area contributed by atoms with E-state index < -0.39 is 47.5 Å². The maximum absolute atomic E-state index is 13.0. The van der Waals surface area contributed by atoms with Gasteiger partial charge >= 0.3 is 11.9 Å². The average molecular weight is 860 g/mol. The SMILES string of the molecule is NC(=O)c1c(I)c(NC(=O)CCl)c(I)c(C(=O)NCC(COC(=O)CCl)OC(=O)CCl)c1I. The molecule has 0 fully saturated rings. The molecule has 0 aliphatic carbocycles. The molecule has 0 saturated heterocycles. The number of esters is 2. The fraction of sp³-hybridized carbons (Fsp3) is 0.353. The van der Waals surface area contributed by atoms with Gasteiger partial charge in [0, 0.05) is 3.57 Å². The molecule has 1 aromatic rings. The van der Waals surface area contributed by atoms with Crippen LogP contribution in [0.1, 0.15) is 20.7 Å². The third kappa shape index (κ3) is 8.97. The normalized spacial score (nSPS) is 11.3. The first-order chi connectivity index (χ1) is 15.5. The van der Waals surface area contributed by atoms with Crippen LogP contribution in [0.3, 0.4) is 0 Å². The second-order valence-electron chi connectivity index (χ2n) is 5.89. The van der Waals surface area contributed by atoms with Gasteiger partial charge < -0.3 is 25.8 Å². The second-order valence-corrected chi connectivity index (χ2v) is 9.92. The van der Waals surface area contributed by atoms with Crippen LogP contribution >= 0.6 is 103 Å². The van der Waals surface area contributed by atoms with Gasteiger partial charge in [0.2, 0.25) is 5.91 Å². The predicted molar refractivity (Wildman–Crippen MR) is 147 cm³/mol. The molecule has 0 saturated carbocycles. The summed E-state index contributed by atoms with van der Waals surface area (Å²) in [6.07, 6.45) is -1.06. The molecule has 182 valence electrons. The van der Waals surface area contributed by atoms with Gasteiger partial charge in [-0.25, -0.2) is 0 Å². The zero-order valence-corrected chi connectivity index (χ0v) is 25.1. The lowest BCUT2D eigenvalue weighted by Crippen LogP contribution is -2.39. The number of ether oxygens (including phenoxy) is 2. The number of halogens is 6. The van der Waals surface area contributed by atoms with E-state index in [2.05, 4.69) is 10.6 Å². The van der Waals surface area contributed by atoms with Crippen molar-refractivity contribution in [3.63, 3.8) is 0 Å². The minimum absolute atomic E-state index is 0.0350. The molecule has 10 nitrogen and oxygen atoms in total. The Labute approximate surface area is 244 Å². The summed E-state index contributed by atoms with van der Waals surface area (Å²) in [6.45, 7) is -0.636. The zero-order chi connectivity index (χ0) is 25.3. The van der Waals surface area contributed by atoms with E-state index in [0.717, 1.165) is 0 Å². The van der Waals surface area contributed by atoms with Crippen molar-refractivity contribution in [3.05, 3.63) is 21.8 Å². The summed E-state index contributed by atoms with van der Waals surface area (Å²) >= 11 is 21.9. The van der Waals surface area contributed by atoms with E-state index >= 15 is 0 Å². The van der Waals surface area contributed by atoms with Crippen LogP contribution in [0.4, 0.5) is 5.69 Å². The van der Waals surface area contributed by atoms with Crippen molar-refractivity contribution in [1.29, 1.82) is 0 Å². The van der Waals surface area contributed by atoms with Crippen molar-refractivity contribution >= 4 is 138 Å². The van der Waals surface area contributed by atoms with Gasteiger partial charge in [-0.05, 0) is 67.8 Å². The number of benzene rings is 1. The molecular weight excluding hydrogens is 845 g/mol. The Kier molecular flexibility index (Phi) is 13.8. The molecule has 16 heteroatoms. The molecule has 0 bridgehead atoms. The third-order valence-electron chi connectivity index (χ3n) is 3.61. The molecule has 3 amide bonds. The number of primary amides is 1. The van der Waals surface area contributed by atoms with Crippen molar-refractivity contribution in [3.8, 4) is 0 Å². The Balaban J connectivity index is 3.27. The largest absolute Gasteiger partial charge is 0.461 e. The lowest BCUT2D eigenvalue weighted by atomic mass is 10.1. The minimum atomic E-state index is -1.06. The number of nitrogens with one attached hydrogen (secondary N) is 2. The smallest absolute Gasteiger partial charge is 0.321 e. The number of hydrogen-bond acceptors (Lipinski definition) is 7. The van der Waals surface area contributed by atoms with Gasteiger partial charge in [-0.15, -0.1) is 34.8 Å². The minimum Gasteiger partial charge on any atom is -0.461 e. The highest BCUT2D eigenvalue weighted by molar-refractivity contribution is 14.1. The van der Waals surface area contributed by atoms with Crippen LogP contribution in [0.15, 0.2) is 0 Å². The van der Waals surface area contributed by atoms with Crippen LogP contribution in [0.25, 0.3) is 0 Å². The second kappa shape index (κ2) is 14.9. The fourth-order valence-corrected chi connectivity index (χ4v) is 6.90. The lowest BCUT2D eigenvalue weighted by Gasteiger charge is -2.20. The van der Waals surface area contributed by atoms with Crippen LogP contribution in [0.2, 0.25) is 0 Å². The van der Waals surface area contributed by atoms with Gasteiger partial charge in [0.1, 0.15) is 24.2 Å². The summed E-state index contributed by atoms with van der Waals surface area (Å²) < 4.78 is 10.8. The summed E-state index contributed by atoms with van der Waals surface area (Å²) in [5.74, 6) is -4.77.